The number of anilines is 1. The summed E-state index contributed by atoms with van der Waals surface area (Å²) < 4.78 is 32.4. The summed E-state index contributed by atoms with van der Waals surface area (Å²) in [5, 5.41) is 8.64. The molecule has 3 heterocycles. The summed E-state index contributed by atoms with van der Waals surface area (Å²) >= 11 is 0. The van der Waals surface area contributed by atoms with Crippen LogP contribution < -0.4 is 10.4 Å². The van der Waals surface area contributed by atoms with Crippen LogP contribution in [0.25, 0.3) is 11.1 Å². The van der Waals surface area contributed by atoms with Crippen molar-refractivity contribution in [2.75, 3.05) is 31.1 Å². The topological polar surface area (TPSA) is 129 Å². The van der Waals surface area contributed by atoms with E-state index in [1.54, 1.807) is 36.8 Å². The van der Waals surface area contributed by atoms with Crippen LogP contribution in [0.3, 0.4) is 0 Å². The van der Waals surface area contributed by atoms with Crippen LogP contribution in [-0.4, -0.2) is 60.0 Å². The van der Waals surface area contributed by atoms with Gasteiger partial charge < -0.3 is 9.32 Å². The van der Waals surface area contributed by atoms with Crippen LogP contribution in [0.1, 0.15) is 10.4 Å². The smallest absolute Gasteiger partial charge is 0.277 e. The summed E-state index contributed by atoms with van der Waals surface area (Å²) in [5.41, 5.74) is 3.41. The Morgan fingerprint density at radius 1 is 1.00 bits per heavy atom. The van der Waals surface area contributed by atoms with Crippen LogP contribution in [0.2, 0.25) is 0 Å². The summed E-state index contributed by atoms with van der Waals surface area (Å²) in [5.74, 6) is -0.303. The molecule has 0 bridgehead atoms. The highest BCUT2D eigenvalue weighted by molar-refractivity contribution is 7.89. The van der Waals surface area contributed by atoms with Gasteiger partial charge in [-0.3, -0.25) is 10.0 Å². The number of carbonyl (C=O) groups is 1. The first-order valence-corrected chi connectivity index (χ1v) is 10.6. The second-order valence-corrected chi connectivity index (χ2v) is 8.58. The number of nitrogens with one attached hydrogen (secondary N) is 1. The molecular weight excluding hydrogens is 410 g/mol. The summed E-state index contributed by atoms with van der Waals surface area (Å²) in [6.07, 6.45) is 5.78. The zero-order chi connectivity index (χ0) is 21.1. The molecule has 1 aliphatic rings. The Morgan fingerprint density at radius 3 is 2.23 bits per heavy atom. The second-order valence-electron chi connectivity index (χ2n) is 6.64. The standard InChI is InChI=1S/C19H19N5O5S/c25-18(22-26)16-11-20-19(21-12-16)23-6-8-24(9-7-23)30(27,28)17-3-1-14(2-4-17)15-5-10-29-13-15/h1-5,10-13,26H,6-9H2,(H,22,25). The zero-order valence-electron chi connectivity index (χ0n) is 15.8. The van der Waals surface area contributed by atoms with Crippen LogP contribution in [0.5, 0.6) is 0 Å². The van der Waals surface area contributed by atoms with E-state index in [0.29, 0.717) is 19.0 Å². The Bertz CT molecular complexity index is 1110. The Labute approximate surface area is 172 Å². The molecule has 1 aliphatic heterocycles. The molecule has 30 heavy (non-hydrogen) atoms. The van der Waals surface area contributed by atoms with Crippen molar-refractivity contribution in [2.45, 2.75) is 4.90 Å². The number of nitrogens with zero attached hydrogens (tertiary/aromatic N) is 4. The Kier molecular flexibility index (Phi) is 5.48. The molecule has 4 rings (SSSR count). The maximum Gasteiger partial charge on any atom is 0.277 e. The summed E-state index contributed by atoms with van der Waals surface area (Å²) in [7, 11) is -3.61. The summed E-state index contributed by atoms with van der Waals surface area (Å²) in [4.78, 5) is 21.7. The number of rotatable bonds is 5. The van der Waals surface area contributed by atoms with Gasteiger partial charge in [0.05, 0.1) is 23.0 Å². The van der Waals surface area contributed by atoms with Gasteiger partial charge in [0.15, 0.2) is 0 Å². The maximum atomic E-state index is 13.0. The monoisotopic (exact) mass is 429 g/mol. The van der Waals surface area contributed by atoms with Gasteiger partial charge in [-0.15, -0.1) is 0 Å². The molecule has 1 aromatic carbocycles. The lowest BCUT2D eigenvalue weighted by Gasteiger charge is -2.33. The number of furan rings is 1. The van der Waals surface area contributed by atoms with Crippen molar-refractivity contribution in [3.05, 3.63) is 60.8 Å². The number of hydroxylamine groups is 1. The Morgan fingerprint density at radius 2 is 1.67 bits per heavy atom. The third-order valence-electron chi connectivity index (χ3n) is 4.87. The lowest BCUT2D eigenvalue weighted by atomic mass is 10.1. The molecule has 1 amide bonds. The van der Waals surface area contributed by atoms with Gasteiger partial charge in [-0.2, -0.15) is 4.31 Å². The minimum atomic E-state index is -3.61. The van der Waals surface area contributed by atoms with Crippen molar-refractivity contribution in [3.63, 3.8) is 0 Å². The largest absolute Gasteiger partial charge is 0.472 e. The van der Waals surface area contributed by atoms with Gasteiger partial charge in [0.2, 0.25) is 16.0 Å². The van der Waals surface area contributed by atoms with E-state index in [0.717, 1.165) is 11.1 Å². The fourth-order valence-corrected chi connectivity index (χ4v) is 4.61. The molecule has 3 aromatic rings. The van der Waals surface area contributed by atoms with E-state index < -0.39 is 15.9 Å². The van der Waals surface area contributed by atoms with Crippen LogP contribution in [0.4, 0.5) is 5.95 Å². The van der Waals surface area contributed by atoms with Crippen molar-refractivity contribution >= 4 is 21.9 Å². The van der Waals surface area contributed by atoms with Crippen LogP contribution in [-0.2, 0) is 10.0 Å². The van der Waals surface area contributed by atoms with Gasteiger partial charge in [-0.1, -0.05) is 12.1 Å². The third-order valence-corrected chi connectivity index (χ3v) is 6.78. The number of hydrogen-bond donors (Lipinski definition) is 2. The van der Waals surface area contributed by atoms with E-state index in [4.69, 9.17) is 9.62 Å². The van der Waals surface area contributed by atoms with Crippen molar-refractivity contribution in [1.82, 2.24) is 19.8 Å². The minimum Gasteiger partial charge on any atom is -0.472 e. The molecule has 2 aromatic heterocycles. The molecule has 1 fully saturated rings. The number of hydrogen-bond acceptors (Lipinski definition) is 8. The van der Waals surface area contributed by atoms with Crippen molar-refractivity contribution in [3.8, 4) is 11.1 Å². The Balaban J connectivity index is 1.42. The van der Waals surface area contributed by atoms with Crippen LogP contribution in [0.15, 0.2) is 64.6 Å². The normalized spacial score (nSPS) is 15.2. The minimum absolute atomic E-state index is 0.126. The molecule has 0 spiro atoms. The van der Waals surface area contributed by atoms with E-state index in [1.807, 2.05) is 11.0 Å². The summed E-state index contributed by atoms with van der Waals surface area (Å²) in [6, 6.07) is 8.52. The van der Waals surface area contributed by atoms with E-state index >= 15 is 0 Å². The lowest BCUT2D eigenvalue weighted by Crippen LogP contribution is -2.49. The van der Waals surface area contributed by atoms with Gasteiger partial charge in [0, 0.05) is 44.1 Å². The molecule has 1 saturated heterocycles. The SMILES string of the molecule is O=C(NO)c1cnc(N2CCN(S(=O)(=O)c3ccc(-c4ccoc4)cc3)CC2)nc1. The average molecular weight is 429 g/mol. The Hall–Kier alpha value is -3.28. The number of carbonyl (C=O) groups excluding carboxylic acids is 1. The average Bonchev–Trinajstić information content (AvgIpc) is 3.34. The van der Waals surface area contributed by atoms with E-state index in [-0.39, 0.29) is 23.5 Å². The highest BCUT2D eigenvalue weighted by Crippen LogP contribution is 2.24. The quantitative estimate of drug-likeness (QED) is 0.460. The molecule has 0 unspecified atom stereocenters. The molecular formula is C19H19N5O5S. The highest BCUT2D eigenvalue weighted by Gasteiger charge is 2.29. The molecule has 2 N–H and O–H groups in total. The van der Waals surface area contributed by atoms with Crippen LogP contribution >= 0.6 is 0 Å². The van der Waals surface area contributed by atoms with Gasteiger partial charge in [0.1, 0.15) is 0 Å². The molecule has 11 heteroatoms. The van der Waals surface area contributed by atoms with Crippen LogP contribution in [0, 0.1) is 0 Å². The van der Waals surface area contributed by atoms with Crippen molar-refractivity contribution in [2.24, 2.45) is 0 Å². The zero-order valence-corrected chi connectivity index (χ0v) is 16.6. The molecule has 0 aliphatic carbocycles. The molecule has 0 radical (unpaired) electrons. The number of piperazine rings is 1. The van der Waals surface area contributed by atoms with E-state index in [1.165, 1.54) is 22.2 Å². The fraction of sp³-hybridized carbons (Fsp3) is 0.211. The lowest BCUT2D eigenvalue weighted by molar-refractivity contribution is 0.0705. The maximum absolute atomic E-state index is 13.0. The first-order valence-electron chi connectivity index (χ1n) is 9.13. The van der Waals surface area contributed by atoms with E-state index in [2.05, 4.69) is 9.97 Å². The predicted octanol–water partition coefficient (Wildman–Crippen LogP) is 1.37. The first kappa shape index (κ1) is 20.0. The third kappa shape index (κ3) is 3.90. The predicted molar refractivity (Wildman–Crippen MR) is 106 cm³/mol. The number of sulfonamides is 1. The number of aromatic nitrogens is 2. The van der Waals surface area contributed by atoms with Gasteiger partial charge in [-0.05, 0) is 23.8 Å². The van der Waals surface area contributed by atoms with Crippen molar-refractivity contribution < 1.29 is 22.8 Å². The summed E-state index contributed by atoms with van der Waals surface area (Å²) in [6.45, 7) is 1.40. The molecule has 10 nitrogen and oxygen atoms in total. The first-order chi connectivity index (χ1) is 14.5. The number of amides is 1. The van der Waals surface area contributed by atoms with Gasteiger partial charge in [0.25, 0.3) is 5.91 Å². The van der Waals surface area contributed by atoms with Crippen molar-refractivity contribution in [1.29, 1.82) is 0 Å². The molecule has 0 atom stereocenters. The van der Waals surface area contributed by atoms with E-state index in [9.17, 15) is 13.2 Å². The second kappa shape index (κ2) is 8.22. The fourth-order valence-electron chi connectivity index (χ4n) is 3.19. The number of benzene rings is 1. The molecule has 156 valence electrons. The van der Waals surface area contributed by atoms with Gasteiger partial charge in [-0.25, -0.2) is 23.9 Å². The molecule has 0 saturated carbocycles. The highest BCUT2D eigenvalue weighted by atomic mass is 32.2. The van der Waals surface area contributed by atoms with Gasteiger partial charge >= 0.3 is 0 Å².